The molecule has 1 amide bonds. The minimum Gasteiger partial charge on any atom is -0.497 e. The average Bonchev–Trinajstić information content (AvgIpc) is 3.27. The van der Waals surface area contributed by atoms with Crippen molar-refractivity contribution in [1.29, 1.82) is 0 Å². The number of methoxy groups -OCH3 is 2. The number of anilines is 2. The van der Waals surface area contributed by atoms with Crippen molar-refractivity contribution >= 4 is 28.2 Å². The molecule has 0 saturated carbocycles. The number of ether oxygens (including phenoxy) is 2. The first-order valence-corrected chi connectivity index (χ1v) is 8.82. The summed E-state index contributed by atoms with van der Waals surface area (Å²) in [6.45, 7) is 0. The molecule has 2 aromatic heterocycles. The van der Waals surface area contributed by atoms with Crippen LogP contribution in [-0.4, -0.2) is 35.3 Å². The van der Waals surface area contributed by atoms with Crippen LogP contribution in [0.1, 0.15) is 10.4 Å². The molecule has 8 heteroatoms. The van der Waals surface area contributed by atoms with E-state index in [2.05, 4.69) is 20.5 Å². The van der Waals surface area contributed by atoms with E-state index in [9.17, 15) is 4.79 Å². The molecule has 4 rings (SSSR count). The Labute approximate surface area is 166 Å². The van der Waals surface area contributed by atoms with E-state index >= 15 is 0 Å². The van der Waals surface area contributed by atoms with Gasteiger partial charge in [0.1, 0.15) is 11.5 Å². The highest BCUT2D eigenvalue weighted by atomic mass is 16.5. The molecular formula is C21H19N5O3. The van der Waals surface area contributed by atoms with Crippen molar-refractivity contribution < 1.29 is 14.3 Å². The van der Waals surface area contributed by atoms with Crippen LogP contribution in [0, 0.1) is 0 Å². The lowest BCUT2D eigenvalue weighted by molar-refractivity contribution is 0.0997. The van der Waals surface area contributed by atoms with Crippen LogP contribution in [-0.2, 0) is 0 Å². The molecule has 2 heterocycles. The van der Waals surface area contributed by atoms with Gasteiger partial charge < -0.3 is 20.5 Å². The second kappa shape index (κ2) is 7.51. The number of amides is 1. The summed E-state index contributed by atoms with van der Waals surface area (Å²) < 4.78 is 10.7. The van der Waals surface area contributed by atoms with Gasteiger partial charge in [-0.2, -0.15) is 5.10 Å². The van der Waals surface area contributed by atoms with Crippen molar-refractivity contribution in [3.63, 3.8) is 0 Å². The van der Waals surface area contributed by atoms with Gasteiger partial charge in [-0.1, -0.05) is 0 Å². The van der Waals surface area contributed by atoms with Crippen LogP contribution >= 0.6 is 0 Å². The maximum atomic E-state index is 11.8. The molecule has 8 nitrogen and oxygen atoms in total. The summed E-state index contributed by atoms with van der Waals surface area (Å²) in [7, 11) is 3.10. The number of aromatic nitrogens is 3. The number of hydrogen-bond donors (Lipinski definition) is 3. The van der Waals surface area contributed by atoms with Crippen LogP contribution in [0.25, 0.3) is 22.2 Å². The van der Waals surface area contributed by atoms with E-state index in [0.717, 1.165) is 28.0 Å². The number of hydrogen-bond acceptors (Lipinski definition) is 6. The fourth-order valence-electron chi connectivity index (χ4n) is 3.16. The smallest absolute Gasteiger partial charge is 0.252 e. The quantitative estimate of drug-likeness (QED) is 0.465. The van der Waals surface area contributed by atoms with Crippen molar-refractivity contribution in [2.45, 2.75) is 0 Å². The van der Waals surface area contributed by atoms with Crippen LogP contribution in [0.15, 0.2) is 54.9 Å². The molecule has 0 bridgehead atoms. The highest BCUT2D eigenvalue weighted by Crippen LogP contribution is 2.33. The molecule has 0 atom stereocenters. The molecule has 2 aromatic carbocycles. The van der Waals surface area contributed by atoms with Gasteiger partial charge >= 0.3 is 0 Å². The zero-order chi connectivity index (χ0) is 20.4. The fourth-order valence-corrected chi connectivity index (χ4v) is 3.16. The number of primary amides is 1. The van der Waals surface area contributed by atoms with Crippen molar-refractivity contribution in [1.82, 2.24) is 15.2 Å². The van der Waals surface area contributed by atoms with Crippen molar-refractivity contribution in [3.05, 3.63) is 60.4 Å². The van der Waals surface area contributed by atoms with Gasteiger partial charge in [0.05, 0.1) is 31.0 Å². The Kier molecular flexibility index (Phi) is 4.74. The first-order chi connectivity index (χ1) is 14.1. The number of H-pyrrole nitrogens is 1. The van der Waals surface area contributed by atoms with Gasteiger partial charge in [0.25, 0.3) is 5.91 Å². The number of nitrogens with zero attached hydrogens (tertiary/aromatic N) is 2. The average molecular weight is 389 g/mol. The molecule has 0 saturated heterocycles. The maximum Gasteiger partial charge on any atom is 0.252 e. The highest BCUT2D eigenvalue weighted by Gasteiger charge is 2.14. The summed E-state index contributed by atoms with van der Waals surface area (Å²) in [5, 5.41) is 11.2. The van der Waals surface area contributed by atoms with Gasteiger partial charge in [0, 0.05) is 46.9 Å². The Morgan fingerprint density at radius 2 is 1.97 bits per heavy atom. The van der Waals surface area contributed by atoms with Crippen LogP contribution in [0.2, 0.25) is 0 Å². The summed E-state index contributed by atoms with van der Waals surface area (Å²) in [5.41, 5.74) is 9.73. The second-order valence-electron chi connectivity index (χ2n) is 6.33. The number of benzene rings is 2. The number of fused-ring (bicyclic) bond motifs is 1. The number of carbonyl (C=O) groups excluding carboxylic acids is 1. The van der Waals surface area contributed by atoms with E-state index in [4.69, 9.17) is 15.2 Å². The van der Waals surface area contributed by atoms with Crippen molar-refractivity contribution in [3.8, 4) is 22.8 Å². The molecule has 4 aromatic rings. The third-order valence-corrected chi connectivity index (χ3v) is 4.55. The number of nitrogens with one attached hydrogen (secondary N) is 2. The standard InChI is InChI=1S/C21H19N5O3/c1-28-14-8-12(17-4-6-24-26-17)7-13(9-14)25-18-3-5-23-19-11-20(29-2)16(21(22)27)10-15(18)19/h3-11H,1-2H3,(H2,22,27)(H,23,25)(H,24,26). The predicted molar refractivity (Wildman–Crippen MR) is 111 cm³/mol. The Bertz CT molecular complexity index is 1190. The molecule has 0 aliphatic carbocycles. The van der Waals surface area contributed by atoms with E-state index in [-0.39, 0.29) is 0 Å². The van der Waals surface area contributed by atoms with Gasteiger partial charge in [-0.05, 0) is 30.3 Å². The largest absolute Gasteiger partial charge is 0.497 e. The number of rotatable bonds is 6. The molecule has 4 N–H and O–H groups in total. The summed E-state index contributed by atoms with van der Waals surface area (Å²) in [4.78, 5) is 16.2. The predicted octanol–water partition coefficient (Wildman–Crippen LogP) is 3.48. The Morgan fingerprint density at radius 3 is 2.66 bits per heavy atom. The fraction of sp³-hybridized carbons (Fsp3) is 0.0952. The number of carbonyl (C=O) groups is 1. The first kappa shape index (κ1) is 18.3. The zero-order valence-electron chi connectivity index (χ0n) is 15.9. The molecule has 29 heavy (non-hydrogen) atoms. The lowest BCUT2D eigenvalue weighted by atomic mass is 10.1. The lowest BCUT2D eigenvalue weighted by Gasteiger charge is -2.14. The van der Waals surface area contributed by atoms with Crippen LogP contribution in [0.5, 0.6) is 11.5 Å². The summed E-state index contributed by atoms with van der Waals surface area (Å²) in [5.74, 6) is 0.503. The summed E-state index contributed by atoms with van der Waals surface area (Å²) >= 11 is 0. The zero-order valence-corrected chi connectivity index (χ0v) is 15.9. The van der Waals surface area contributed by atoms with E-state index in [1.165, 1.54) is 7.11 Å². The SMILES string of the molecule is COc1cc(Nc2ccnc3cc(OC)c(C(N)=O)cc23)cc(-c2cc[nH]n2)c1. The van der Waals surface area contributed by atoms with E-state index in [0.29, 0.717) is 22.6 Å². The number of aromatic amines is 1. The summed E-state index contributed by atoms with van der Waals surface area (Å²) in [6.07, 6.45) is 3.44. The monoisotopic (exact) mass is 389 g/mol. The Balaban J connectivity index is 1.81. The molecular weight excluding hydrogens is 370 g/mol. The Hall–Kier alpha value is -4.07. The van der Waals surface area contributed by atoms with Gasteiger partial charge in [-0.15, -0.1) is 0 Å². The van der Waals surface area contributed by atoms with Gasteiger partial charge in [0.15, 0.2) is 0 Å². The third kappa shape index (κ3) is 3.55. The number of pyridine rings is 1. The molecule has 0 fully saturated rings. The maximum absolute atomic E-state index is 11.8. The van der Waals surface area contributed by atoms with Gasteiger partial charge in [0.2, 0.25) is 0 Å². The van der Waals surface area contributed by atoms with Crippen LogP contribution < -0.4 is 20.5 Å². The Morgan fingerprint density at radius 1 is 1.10 bits per heavy atom. The molecule has 0 spiro atoms. The topological polar surface area (TPSA) is 115 Å². The first-order valence-electron chi connectivity index (χ1n) is 8.82. The normalized spacial score (nSPS) is 10.7. The lowest BCUT2D eigenvalue weighted by Crippen LogP contribution is -2.12. The molecule has 0 aliphatic rings. The van der Waals surface area contributed by atoms with E-state index in [1.54, 1.807) is 31.6 Å². The molecule has 0 aliphatic heterocycles. The minimum absolute atomic E-state index is 0.291. The number of nitrogens with two attached hydrogens (primary N) is 1. The van der Waals surface area contributed by atoms with Crippen molar-refractivity contribution in [2.24, 2.45) is 5.73 Å². The van der Waals surface area contributed by atoms with E-state index < -0.39 is 5.91 Å². The van der Waals surface area contributed by atoms with Crippen LogP contribution in [0.4, 0.5) is 11.4 Å². The van der Waals surface area contributed by atoms with E-state index in [1.807, 2.05) is 30.3 Å². The second-order valence-corrected chi connectivity index (χ2v) is 6.33. The van der Waals surface area contributed by atoms with Crippen LogP contribution in [0.3, 0.4) is 0 Å². The van der Waals surface area contributed by atoms with Gasteiger partial charge in [-0.3, -0.25) is 14.9 Å². The molecule has 0 unspecified atom stereocenters. The third-order valence-electron chi connectivity index (χ3n) is 4.55. The van der Waals surface area contributed by atoms with Gasteiger partial charge in [-0.25, -0.2) is 0 Å². The molecule has 146 valence electrons. The highest BCUT2D eigenvalue weighted by molar-refractivity contribution is 6.03. The molecule has 0 radical (unpaired) electrons. The minimum atomic E-state index is -0.569. The summed E-state index contributed by atoms with van der Waals surface area (Å²) in [6, 6.07) is 12.8. The van der Waals surface area contributed by atoms with Crippen molar-refractivity contribution in [2.75, 3.05) is 19.5 Å².